The smallest absolute Gasteiger partial charge is 0.261 e. The van der Waals surface area contributed by atoms with E-state index >= 15 is 0 Å². The fourth-order valence-electron chi connectivity index (χ4n) is 3.57. The molecule has 3 aromatic rings. The van der Waals surface area contributed by atoms with Crippen LogP contribution < -0.4 is 11.1 Å². The number of nitrogens with one attached hydrogen (secondary N) is 1. The minimum Gasteiger partial charge on any atom is -0.347 e. The van der Waals surface area contributed by atoms with Crippen molar-refractivity contribution in [2.24, 2.45) is 5.73 Å². The minimum atomic E-state index is -0.103. The molecule has 0 aliphatic carbocycles. The second-order valence-electron chi connectivity index (χ2n) is 6.92. The summed E-state index contributed by atoms with van der Waals surface area (Å²) in [7, 11) is 0. The molecule has 0 aromatic carbocycles. The normalized spacial score (nSPS) is 14.1. The van der Waals surface area contributed by atoms with Crippen LogP contribution in [0.15, 0.2) is 36.8 Å². The molecule has 0 saturated heterocycles. The maximum Gasteiger partial charge on any atom is 0.261 e. The van der Waals surface area contributed by atoms with Gasteiger partial charge >= 0.3 is 0 Å². The number of rotatable bonds is 5. The standard InChI is InChI=1S/C20H23N5OS/c1-13-12-23-25-8-2-3-17-16(19(13)25)10-18(27-17)20(26)24-15(11-21)9-14-4-6-22-7-5-14/h4-7,10,12,15H,2-3,8-9,11,21H2,1H3,(H,24,26)/t15-/m0/s1. The van der Waals surface area contributed by atoms with Crippen LogP contribution in [0.5, 0.6) is 0 Å². The summed E-state index contributed by atoms with van der Waals surface area (Å²) in [6, 6.07) is 5.81. The summed E-state index contributed by atoms with van der Waals surface area (Å²) in [5, 5.41) is 7.57. The van der Waals surface area contributed by atoms with Crippen molar-refractivity contribution in [3.8, 4) is 11.3 Å². The molecule has 0 unspecified atom stereocenters. The molecule has 140 valence electrons. The van der Waals surface area contributed by atoms with E-state index in [1.807, 2.05) is 24.4 Å². The van der Waals surface area contributed by atoms with E-state index in [2.05, 4.69) is 27.0 Å². The van der Waals surface area contributed by atoms with Gasteiger partial charge in [0.05, 0.1) is 16.8 Å². The monoisotopic (exact) mass is 381 g/mol. The Labute approximate surface area is 162 Å². The zero-order chi connectivity index (χ0) is 18.8. The molecule has 3 N–H and O–H groups in total. The molecule has 4 rings (SSSR count). The van der Waals surface area contributed by atoms with Crippen molar-refractivity contribution in [3.63, 3.8) is 0 Å². The van der Waals surface area contributed by atoms with Crippen LogP contribution in [-0.4, -0.2) is 33.3 Å². The molecule has 6 nitrogen and oxygen atoms in total. The molecule has 1 aliphatic rings. The fourth-order valence-corrected chi connectivity index (χ4v) is 4.67. The molecule has 1 aliphatic heterocycles. The average molecular weight is 382 g/mol. The number of carbonyl (C=O) groups is 1. The molecule has 0 spiro atoms. The Morgan fingerprint density at radius 1 is 1.41 bits per heavy atom. The largest absolute Gasteiger partial charge is 0.347 e. The van der Waals surface area contributed by atoms with Crippen molar-refractivity contribution < 1.29 is 4.79 Å². The highest BCUT2D eigenvalue weighted by Gasteiger charge is 2.23. The van der Waals surface area contributed by atoms with Crippen LogP contribution in [0.2, 0.25) is 0 Å². The molecular weight excluding hydrogens is 358 g/mol. The summed E-state index contributed by atoms with van der Waals surface area (Å²) >= 11 is 1.59. The zero-order valence-electron chi connectivity index (χ0n) is 15.3. The minimum absolute atomic E-state index is 0.0544. The molecule has 1 atom stereocenters. The van der Waals surface area contributed by atoms with Crippen molar-refractivity contribution in [2.75, 3.05) is 6.54 Å². The molecule has 27 heavy (non-hydrogen) atoms. The first-order chi connectivity index (χ1) is 13.2. The van der Waals surface area contributed by atoms with Gasteiger partial charge in [-0.1, -0.05) is 0 Å². The molecule has 1 amide bonds. The van der Waals surface area contributed by atoms with Gasteiger partial charge in [-0.25, -0.2) is 0 Å². The van der Waals surface area contributed by atoms with Crippen LogP contribution in [0, 0.1) is 6.92 Å². The summed E-state index contributed by atoms with van der Waals surface area (Å²) in [4.78, 5) is 18.9. The number of nitrogens with two attached hydrogens (primary N) is 1. The van der Waals surface area contributed by atoms with E-state index in [0.717, 1.165) is 46.6 Å². The van der Waals surface area contributed by atoms with Crippen LogP contribution in [0.1, 0.15) is 32.1 Å². The Morgan fingerprint density at radius 3 is 3.00 bits per heavy atom. The summed E-state index contributed by atoms with van der Waals surface area (Å²) < 4.78 is 2.06. The molecule has 7 heteroatoms. The molecule has 0 radical (unpaired) electrons. The molecular formula is C20H23N5OS. The van der Waals surface area contributed by atoms with Gasteiger partial charge in [-0.3, -0.25) is 14.5 Å². The number of carbonyl (C=O) groups excluding carboxylic acids is 1. The highest BCUT2D eigenvalue weighted by atomic mass is 32.1. The van der Waals surface area contributed by atoms with Gasteiger partial charge in [-0.05, 0) is 55.5 Å². The van der Waals surface area contributed by atoms with Gasteiger partial charge in [0, 0.05) is 42.0 Å². The topological polar surface area (TPSA) is 85.8 Å². The van der Waals surface area contributed by atoms with Gasteiger partial charge in [0.25, 0.3) is 5.91 Å². The maximum atomic E-state index is 12.9. The predicted molar refractivity (Wildman–Crippen MR) is 107 cm³/mol. The number of nitrogens with zero attached hydrogens (tertiary/aromatic N) is 3. The number of aryl methyl sites for hydroxylation is 3. The van der Waals surface area contributed by atoms with Gasteiger partial charge in [-0.15, -0.1) is 11.3 Å². The van der Waals surface area contributed by atoms with E-state index in [0.29, 0.717) is 13.0 Å². The highest BCUT2D eigenvalue weighted by molar-refractivity contribution is 7.14. The van der Waals surface area contributed by atoms with Crippen molar-refractivity contribution in [3.05, 3.63) is 57.7 Å². The lowest BCUT2D eigenvalue weighted by molar-refractivity contribution is 0.0942. The van der Waals surface area contributed by atoms with E-state index in [1.54, 1.807) is 23.7 Å². The second kappa shape index (κ2) is 7.62. The number of pyridine rings is 1. The Morgan fingerprint density at radius 2 is 2.22 bits per heavy atom. The summed E-state index contributed by atoms with van der Waals surface area (Å²) in [5.74, 6) is -0.0544. The van der Waals surface area contributed by atoms with E-state index in [9.17, 15) is 4.79 Å². The number of fused-ring (bicyclic) bond motifs is 3. The lowest BCUT2D eigenvalue weighted by Crippen LogP contribution is -2.41. The maximum absolute atomic E-state index is 12.9. The molecule has 0 fully saturated rings. The van der Waals surface area contributed by atoms with Gasteiger partial charge in [0.2, 0.25) is 0 Å². The second-order valence-corrected chi connectivity index (χ2v) is 8.05. The van der Waals surface area contributed by atoms with Gasteiger partial charge < -0.3 is 11.1 Å². The highest BCUT2D eigenvalue weighted by Crippen LogP contribution is 2.36. The number of amides is 1. The third-order valence-electron chi connectivity index (χ3n) is 4.94. The van der Waals surface area contributed by atoms with Gasteiger partial charge in [0.1, 0.15) is 0 Å². The number of hydrogen-bond donors (Lipinski definition) is 2. The molecule has 3 aromatic heterocycles. The van der Waals surface area contributed by atoms with Crippen LogP contribution in [-0.2, 0) is 19.4 Å². The number of thiophene rings is 1. The van der Waals surface area contributed by atoms with Gasteiger partial charge in [0.15, 0.2) is 0 Å². The first-order valence-electron chi connectivity index (χ1n) is 9.21. The molecule has 4 heterocycles. The van der Waals surface area contributed by atoms with E-state index in [-0.39, 0.29) is 11.9 Å². The summed E-state index contributed by atoms with van der Waals surface area (Å²) in [6.45, 7) is 3.39. The lowest BCUT2D eigenvalue weighted by Gasteiger charge is -2.16. The van der Waals surface area contributed by atoms with Crippen molar-refractivity contribution in [1.29, 1.82) is 0 Å². The Balaban J connectivity index is 1.55. The predicted octanol–water partition coefficient (Wildman–Crippen LogP) is 2.56. The number of aromatic nitrogens is 3. The molecule has 0 bridgehead atoms. The van der Waals surface area contributed by atoms with Crippen LogP contribution in [0.3, 0.4) is 0 Å². The average Bonchev–Trinajstić information content (AvgIpc) is 3.21. The van der Waals surface area contributed by atoms with Crippen molar-refractivity contribution in [1.82, 2.24) is 20.1 Å². The van der Waals surface area contributed by atoms with E-state index < -0.39 is 0 Å². The van der Waals surface area contributed by atoms with E-state index in [1.165, 1.54) is 4.88 Å². The first-order valence-corrected chi connectivity index (χ1v) is 10.0. The lowest BCUT2D eigenvalue weighted by atomic mass is 10.1. The Kier molecular flexibility index (Phi) is 5.05. The third kappa shape index (κ3) is 3.65. The Bertz CT molecular complexity index is 947. The van der Waals surface area contributed by atoms with Crippen LogP contribution in [0.25, 0.3) is 11.3 Å². The van der Waals surface area contributed by atoms with Crippen molar-refractivity contribution in [2.45, 2.75) is 38.8 Å². The third-order valence-corrected chi connectivity index (χ3v) is 6.13. The van der Waals surface area contributed by atoms with Crippen molar-refractivity contribution >= 4 is 17.2 Å². The quantitative estimate of drug-likeness (QED) is 0.711. The summed E-state index contributed by atoms with van der Waals surface area (Å²) in [5.41, 5.74) is 10.5. The first kappa shape index (κ1) is 17.9. The van der Waals surface area contributed by atoms with Crippen LogP contribution in [0.4, 0.5) is 0 Å². The zero-order valence-corrected chi connectivity index (χ0v) is 16.1. The van der Waals surface area contributed by atoms with E-state index in [4.69, 9.17) is 5.73 Å². The number of hydrogen-bond acceptors (Lipinski definition) is 5. The summed E-state index contributed by atoms with van der Waals surface area (Å²) in [6.07, 6.45) is 8.13. The Hall–Kier alpha value is -2.51. The van der Waals surface area contributed by atoms with Crippen LogP contribution >= 0.6 is 11.3 Å². The SMILES string of the molecule is Cc1cnn2c1-c1cc(C(=O)N[C@H](CN)Cc3ccncc3)sc1CCC2. The van der Waals surface area contributed by atoms with Gasteiger partial charge in [-0.2, -0.15) is 5.10 Å². The molecule has 0 saturated carbocycles. The fraction of sp³-hybridized carbons (Fsp3) is 0.350.